The second-order valence-electron chi connectivity index (χ2n) is 4.45. The highest BCUT2D eigenvalue weighted by atomic mass is 32.2. The fourth-order valence-electron chi connectivity index (χ4n) is 1.37. The van der Waals surface area contributed by atoms with Crippen molar-refractivity contribution in [3.05, 3.63) is 0 Å². The predicted octanol–water partition coefficient (Wildman–Crippen LogP) is 0.440. The van der Waals surface area contributed by atoms with Crippen LogP contribution in [0.1, 0.15) is 27.2 Å². The third-order valence-electron chi connectivity index (χ3n) is 2.20. The van der Waals surface area contributed by atoms with E-state index in [1.807, 2.05) is 13.8 Å². The first kappa shape index (κ1) is 16.3. The Hall–Kier alpha value is -0.660. The molecule has 0 aromatic heterocycles. The van der Waals surface area contributed by atoms with E-state index in [9.17, 15) is 13.2 Å². The second-order valence-corrected chi connectivity index (χ2v) is 6.24. The molecule has 0 saturated carbocycles. The van der Waals surface area contributed by atoms with Gasteiger partial charge in [0.25, 0.3) is 0 Å². The van der Waals surface area contributed by atoms with Gasteiger partial charge in [-0.1, -0.05) is 13.8 Å². The fourth-order valence-corrected chi connectivity index (χ4v) is 2.87. The third-order valence-corrected chi connectivity index (χ3v) is 3.72. The lowest BCUT2D eigenvalue weighted by molar-refractivity contribution is -0.138. The number of methoxy groups -OCH3 is 1. The van der Waals surface area contributed by atoms with Crippen molar-refractivity contribution in [2.24, 2.45) is 5.92 Å². The lowest BCUT2D eigenvalue weighted by atomic mass is 10.1. The van der Waals surface area contributed by atoms with Crippen LogP contribution in [0.3, 0.4) is 0 Å². The summed E-state index contributed by atoms with van der Waals surface area (Å²) in [4.78, 5) is 10.6. The van der Waals surface area contributed by atoms with Crippen molar-refractivity contribution >= 4 is 16.0 Å². The molecule has 0 aliphatic heterocycles. The average Bonchev–Trinajstić information content (AvgIpc) is 2.14. The van der Waals surface area contributed by atoms with Crippen LogP contribution in [0.4, 0.5) is 0 Å². The van der Waals surface area contributed by atoms with Gasteiger partial charge in [0.2, 0.25) is 10.0 Å². The molecule has 0 heterocycles. The number of aliphatic carboxylic acids is 1. The van der Waals surface area contributed by atoms with E-state index >= 15 is 0 Å². The van der Waals surface area contributed by atoms with Gasteiger partial charge in [-0.05, 0) is 19.3 Å². The van der Waals surface area contributed by atoms with Crippen molar-refractivity contribution in [1.82, 2.24) is 4.72 Å². The summed E-state index contributed by atoms with van der Waals surface area (Å²) in [5, 5.41) is 8.62. The fraction of sp³-hybridized carbons (Fsp3) is 0.900. The highest BCUT2D eigenvalue weighted by molar-refractivity contribution is 7.89. The van der Waals surface area contributed by atoms with Crippen LogP contribution in [-0.2, 0) is 19.6 Å². The molecule has 7 heteroatoms. The van der Waals surface area contributed by atoms with E-state index in [4.69, 9.17) is 9.84 Å². The molecule has 0 spiro atoms. The Kier molecular flexibility index (Phi) is 6.66. The predicted molar refractivity (Wildman–Crippen MR) is 64.3 cm³/mol. The minimum Gasteiger partial charge on any atom is -0.480 e. The molecule has 6 nitrogen and oxygen atoms in total. The van der Waals surface area contributed by atoms with Crippen molar-refractivity contribution in [3.63, 3.8) is 0 Å². The van der Waals surface area contributed by atoms with Crippen LogP contribution in [0.25, 0.3) is 0 Å². The zero-order valence-electron chi connectivity index (χ0n) is 10.6. The van der Waals surface area contributed by atoms with Gasteiger partial charge in [0.15, 0.2) is 0 Å². The molecule has 17 heavy (non-hydrogen) atoms. The Morgan fingerprint density at radius 2 is 1.88 bits per heavy atom. The van der Waals surface area contributed by atoms with Gasteiger partial charge in [-0.25, -0.2) is 13.1 Å². The Balaban J connectivity index is 4.46. The molecule has 0 aliphatic carbocycles. The minimum absolute atomic E-state index is 0.223. The lowest BCUT2D eigenvalue weighted by Gasteiger charge is -2.18. The maximum Gasteiger partial charge on any atom is 0.321 e. The highest BCUT2D eigenvalue weighted by Crippen LogP contribution is 2.09. The molecule has 0 radical (unpaired) electrons. The van der Waals surface area contributed by atoms with Crippen LogP contribution >= 0.6 is 0 Å². The summed E-state index contributed by atoms with van der Waals surface area (Å²) < 4.78 is 30.4. The van der Waals surface area contributed by atoms with E-state index in [1.54, 1.807) is 0 Å². The van der Waals surface area contributed by atoms with E-state index in [0.717, 1.165) is 0 Å². The van der Waals surface area contributed by atoms with Crippen LogP contribution < -0.4 is 4.72 Å². The zero-order chi connectivity index (χ0) is 13.6. The maximum atomic E-state index is 11.6. The molecular formula is C10H21NO5S. The smallest absolute Gasteiger partial charge is 0.321 e. The largest absolute Gasteiger partial charge is 0.480 e. The van der Waals surface area contributed by atoms with Crippen molar-refractivity contribution in [2.75, 3.05) is 12.9 Å². The number of carboxylic acids is 1. The summed E-state index contributed by atoms with van der Waals surface area (Å²) in [6, 6.07) is -1.13. The van der Waals surface area contributed by atoms with Crippen molar-refractivity contribution in [1.29, 1.82) is 0 Å². The monoisotopic (exact) mass is 267 g/mol. The number of sulfonamides is 1. The first-order chi connectivity index (χ1) is 7.68. The van der Waals surface area contributed by atoms with Crippen LogP contribution in [0.5, 0.6) is 0 Å². The summed E-state index contributed by atoms with van der Waals surface area (Å²) in [5.41, 5.74) is 0. The summed E-state index contributed by atoms with van der Waals surface area (Å²) in [6.45, 7) is 5.21. The summed E-state index contributed by atoms with van der Waals surface area (Å²) in [5.74, 6) is -1.11. The van der Waals surface area contributed by atoms with E-state index in [1.165, 1.54) is 14.0 Å². The Morgan fingerprint density at radius 1 is 1.35 bits per heavy atom. The van der Waals surface area contributed by atoms with Crippen molar-refractivity contribution in [3.8, 4) is 0 Å². The van der Waals surface area contributed by atoms with Crippen LogP contribution in [0.2, 0.25) is 0 Å². The van der Waals surface area contributed by atoms with Gasteiger partial charge < -0.3 is 9.84 Å². The molecule has 0 rings (SSSR count). The summed E-state index contributed by atoms with van der Waals surface area (Å²) in [6.07, 6.45) is 0.187. The van der Waals surface area contributed by atoms with Gasteiger partial charge in [0, 0.05) is 7.11 Å². The summed E-state index contributed by atoms with van der Waals surface area (Å²) in [7, 11) is -2.19. The van der Waals surface area contributed by atoms with Gasteiger partial charge in [-0.15, -0.1) is 0 Å². The molecule has 0 fully saturated rings. The van der Waals surface area contributed by atoms with Crippen molar-refractivity contribution < 1.29 is 23.1 Å². The van der Waals surface area contributed by atoms with Gasteiger partial charge in [-0.2, -0.15) is 0 Å². The van der Waals surface area contributed by atoms with E-state index < -0.39 is 28.1 Å². The lowest BCUT2D eigenvalue weighted by Crippen LogP contribution is -2.42. The standard InChI is InChI=1S/C10H21NO5S/c1-7(2)5-9(16-4)6-17(14,15)11-8(3)10(12)13/h7-9,11H,5-6H2,1-4H3,(H,12,13)/t8-,9?/m0/s1. The van der Waals surface area contributed by atoms with Crippen LogP contribution in [0.15, 0.2) is 0 Å². The van der Waals surface area contributed by atoms with Gasteiger partial charge in [0.1, 0.15) is 6.04 Å². The van der Waals surface area contributed by atoms with E-state index in [-0.39, 0.29) is 5.75 Å². The molecule has 2 N–H and O–H groups in total. The average molecular weight is 267 g/mol. The Morgan fingerprint density at radius 3 is 2.24 bits per heavy atom. The summed E-state index contributed by atoms with van der Waals surface area (Å²) >= 11 is 0. The first-order valence-corrected chi connectivity index (χ1v) is 7.08. The number of carbonyl (C=O) groups is 1. The third kappa shape index (κ3) is 7.30. The minimum atomic E-state index is -3.64. The molecule has 1 unspecified atom stereocenters. The van der Waals surface area contributed by atoms with Crippen LogP contribution in [0, 0.1) is 5.92 Å². The molecule has 0 aromatic rings. The SMILES string of the molecule is COC(CC(C)C)CS(=O)(=O)N[C@@H](C)C(=O)O. The maximum absolute atomic E-state index is 11.6. The number of rotatable bonds is 8. The highest BCUT2D eigenvalue weighted by Gasteiger charge is 2.24. The number of ether oxygens (including phenoxy) is 1. The molecule has 102 valence electrons. The van der Waals surface area contributed by atoms with Crippen LogP contribution in [-0.4, -0.2) is 44.5 Å². The molecule has 0 amide bonds. The van der Waals surface area contributed by atoms with Gasteiger partial charge in [-0.3, -0.25) is 4.79 Å². The Bertz CT molecular complexity index is 339. The quantitative estimate of drug-likeness (QED) is 0.665. The van der Waals surface area contributed by atoms with E-state index in [0.29, 0.717) is 12.3 Å². The van der Waals surface area contributed by atoms with Crippen molar-refractivity contribution in [2.45, 2.75) is 39.3 Å². The number of hydrogen-bond acceptors (Lipinski definition) is 4. The molecule has 0 bridgehead atoms. The van der Waals surface area contributed by atoms with Gasteiger partial charge in [0.05, 0.1) is 11.9 Å². The molecular weight excluding hydrogens is 246 g/mol. The number of nitrogens with one attached hydrogen (secondary N) is 1. The van der Waals surface area contributed by atoms with Gasteiger partial charge >= 0.3 is 5.97 Å². The first-order valence-electron chi connectivity index (χ1n) is 5.43. The molecule has 0 aliphatic rings. The zero-order valence-corrected chi connectivity index (χ0v) is 11.5. The molecule has 2 atom stereocenters. The van der Waals surface area contributed by atoms with E-state index in [2.05, 4.69) is 4.72 Å². The molecule has 0 aromatic carbocycles. The number of carboxylic acid groups (broad SMARTS) is 1. The normalized spacial score (nSPS) is 15.8. The molecule has 0 saturated heterocycles. The second kappa shape index (κ2) is 6.93. The Labute approximate surface area is 102 Å². The topological polar surface area (TPSA) is 92.7 Å². The number of hydrogen-bond donors (Lipinski definition) is 2.